The lowest BCUT2D eigenvalue weighted by Crippen LogP contribution is -2.39. The molecule has 128 valence electrons. The van der Waals surface area contributed by atoms with E-state index in [9.17, 15) is 4.79 Å². The van der Waals surface area contributed by atoms with E-state index in [-0.39, 0.29) is 5.91 Å². The fourth-order valence-corrected chi connectivity index (χ4v) is 3.06. The minimum absolute atomic E-state index is 0.147. The van der Waals surface area contributed by atoms with Crippen molar-refractivity contribution in [3.63, 3.8) is 0 Å². The van der Waals surface area contributed by atoms with Crippen molar-refractivity contribution >= 4 is 5.91 Å². The fraction of sp³-hybridized carbons (Fsp3) is 0.333. The molecule has 0 spiro atoms. The van der Waals surface area contributed by atoms with E-state index >= 15 is 0 Å². The minimum atomic E-state index is -0.147. The van der Waals surface area contributed by atoms with Gasteiger partial charge in [0.15, 0.2) is 17.3 Å². The number of rotatable bonds is 3. The maximum atomic E-state index is 12.7. The van der Waals surface area contributed by atoms with Crippen LogP contribution in [-0.2, 0) is 13.1 Å². The molecule has 0 atom stereocenters. The molecule has 25 heavy (non-hydrogen) atoms. The van der Waals surface area contributed by atoms with E-state index in [4.69, 9.17) is 4.52 Å². The molecular weight excluding hydrogens is 318 g/mol. The molecule has 0 saturated heterocycles. The van der Waals surface area contributed by atoms with Gasteiger partial charge in [0.25, 0.3) is 5.91 Å². The van der Waals surface area contributed by atoms with Crippen molar-refractivity contribution in [3.8, 4) is 11.3 Å². The predicted molar refractivity (Wildman–Crippen MR) is 90.8 cm³/mol. The van der Waals surface area contributed by atoms with Gasteiger partial charge in [0.1, 0.15) is 5.82 Å². The number of aromatic nitrogens is 4. The quantitative estimate of drug-likeness (QED) is 0.734. The van der Waals surface area contributed by atoms with Crippen molar-refractivity contribution in [2.45, 2.75) is 32.9 Å². The van der Waals surface area contributed by atoms with Gasteiger partial charge in [-0.2, -0.15) is 0 Å². The first kappa shape index (κ1) is 15.6. The summed E-state index contributed by atoms with van der Waals surface area (Å²) in [6.45, 7) is 5.93. The van der Waals surface area contributed by atoms with Gasteiger partial charge in [0.05, 0.1) is 6.54 Å². The van der Waals surface area contributed by atoms with Crippen LogP contribution in [0.5, 0.6) is 0 Å². The van der Waals surface area contributed by atoms with E-state index in [0.29, 0.717) is 37.0 Å². The Bertz CT molecular complexity index is 897. The fourth-order valence-electron chi connectivity index (χ4n) is 3.06. The molecule has 1 aromatic carbocycles. The summed E-state index contributed by atoms with van der Waals surface area (Å²) in [6, 6.07) is 11.3. The maximum Gasteiger partial charge on any atom is 0.276 e. The molecule has 2 aromatic heterocycles. The number of benzene rings is 1. The maximum absolute atomic E-state index is 12.7. The van der Waals surface area contributed by atoms with E-state index in [1.54, 1.807) is 11.0 Å². The molecule has 0 unspecified atom stereocenters. The first-order chi connectivity index (χ1) is 12.1. The zero-order valence-electron chi connectivity index (χ0n) is 14.2. The highest BCUT2D eigenvalue weighted by Crippen LogP contribution is 2.22. The SMILES string of the molecule is CC(C)c1nnc2n1CCN(C(=O)c1cc(-c3ccccc3)on1)C2. The molecule has 0 radical (unpaired) electrons. The highest BCUT2D eigenvalue weighted by atomic mass is 16.5. The molecule has 1 aliphatic rings. The largest absolute Gasteiger partial charge is 0.355 e. The summed E-state index contributed by atoms with van der Waals surface area (Å²) in [5.41, 5.74) is 1.21. The number of carbonyl (C=O) groups excluding carboxylic acids is 1. The second-order valence-corrected chi connectivity index (χ2v) is 6.45. The van der Waals surface area contributed by atoms with Crippen LogP contribution in [0, 0.1) is 0 Å². The van der Waals surface area contributed by atoms with Gasteiger partial charge >= 0.3 is 0 Å². The summed E-state index contributed by atoms with van der Waals surface area (Å²) in [4.78, 5) is 14.5. The molecule has 0 N–H and O–H groups in total. The van der Waals surface area contributed by atoms with Gasteiger partial charge in [-0.3, -0.25) is 4.79 Å². The zero-order valence-corrected chi connectivity index (χ0v) is 14.2. The van der Waals surface area contributed by atoms with Gasteiger partial charge in [0.2, 0.25) is 0 Å². The Balaban J connectivity index is 1.53. The second-order valence-electron chi connectivity index (χ2n) is 6.45. The number of hydrogen-bond acceptors (Lipinski definition) is 5. The standard InChI is InChI=1S/C18H19N5O2/c1-12(2)17-20-19-16-11-22(8-9-23(16)17)18(24)14-10-15(25-21-14)13-6-4-3-5-7-13/h3-7,10,12H,8-9,11H2,1-2H3. The molecule has 3 aromatic rings. The molecule has 0 saturated carbocycles. The average molecular weight is 337 g/mol. The number of fused-ring (bicyclic) bond motifs is 1. The lowest BCUT2D eigenvalue weighted by Gasteiger charge is -2.27. The lowest BCUT2D eigenvalue weighted by molar-refractivity contribution is 0.0695. The van der Waals surface area contributed by atoms with Crippen LogP contribution in [0.3, 0.4) is 0 Å². The Morgan fingerprint density at radius 2 is 1.96 bits per heavy atom. The lowest BCUT2D eigenvalue weighted by atomic mass is 10.1. The van der Waals surface area contributed by atoms with E-state index < -0.39 is 0 Å². The molecule has 0 fully saturated rings. The minimum Gasteiger partial charge on any atom is -0.355 e. The first-order valence-corrected chi connectivity index (χ1v) is 8.37. The number of hydrogen-bond donors (Lipinski definition) is 0. The van der Waals surface area contributed by atoms with Crippen molar-refractivity contribution in [1.82, 2.24) is 24.8 Å². The third-order valence-corrected chi connectivity index (χ3v) is 4.37. The predicted octanol–water partition coefficient (Wildman–Crippen LogP) is 2.71. The Labute approximate surface area is 145 Å². The van der Waals surface area contributed by atoms with E-state index in [2.05, 4.69) is 33.8 Å². The first-order valence-electron chi connectivity index (χ1n) is 8.37. The Morgan fingerprint density at radius 3 is 2.72 bits per heavy atom. The smallest absolute Gasteiger partial charge is 0.276 e. The summed E-state index contributed by atoms with van der Waals surface area (Å²) in [6.07, 6.45) is 0. The van der Waals surface area contributed by atoms with Crippen molar-refractivity contribution in [2.75, 3.05) is 6.54 Å². The summed E-state index contributed by atoms with van der Waals surface area (Å²) in [7, 11) is 0. The molecule has 7 heteroatoms. The molecule has 0 aliphatic carbocycles. The number of nitrogens with zero attached hydrogens (tertiary/aromatic N) is 5. The third-order valence-electron chi connectivity index (χ3n) is 4.37. The van der Waals surface area contributed by atoms with Crippen LogP contribution in [0.2, 0.25) is 0 Å². The highest BCUT2D eigenvalue weighted by molar-refractivity contribution is 5.93. The Morgan fingerprint density at radius 1 is 1.16 bits per heavy atom. The average Bonchev–Trinajstić information content (AvgIpc) is 3.28. The topological polar surface area (TPSA) is 77.0 Å². The Hall–Kier alpha value is -2.96. The van der Waals surface area contributed by atoms with Gasteiger partial charge in [-0.05, 0) is 0 Å². The van der Waals surface area contributed by atoms with Crippen LogP contribution in [-0.4, -0.2) is 37.3 Å². The third kappa shape index (κ3) is 2.82. The van der Waals surface area contributed by atoms with E-state index in [0.717, 1.165) is 17.2 Å². The van der Waals surface area contributed by atoms with Crippen molar-refractivity contribution < 1.29 is 9.32 Å². The number of amides is 1. The summed E-state index contributed by atoms with van der Waals surface area (Å²) >= 11 is 0. The normalized spacial score (nSPS) is 14.0. The molecular formula is C18H19N5O2. The number of carbonyl (C=O) groups is 1. The second kappa shape index (κ2) is 6.16. The van der Waals surface area contributed by atoms with Crippen molar-refractivity contribution in [3.05, 3.63) is 53.7 Å². The van der Waals surface area contributed by atoms with Crippen LogP contribution in [0.25, 0.3) is 11.3 Å². The molecule has 4 rings (SSSR count). The van der Waals surface area contributed by atoms with Crippen LogP contribution in [0.15, 0.2) is 40.9 Å². The van der Waals surface area contributed by atoms with Crippen molar-refractivity contribution in [2.24, 2.45) is 0 Å². The van der Waals surface area contributed by atoms with Crippen LogP contribution >= 0.6 is 0 Å². The zero-order chi connectivity index (χ0) is 17.4. The highest BCUT2D eigenvalue weighted by Gasteiger charge is 2.27. The van der Waals surface area contributed by atoms with Crippen molar-refractivity contribution in [1.29, 1.82) is 0 Å². The van der Waals surface area contributed by atoms with Gasteiger partial charge in [-0.15, -0.1) is 10.2 Å². The van der Waals surface area contributed by atoms with Gasteiger partial charge < -0.3 is 14.0 Å². The summed E-state index contributed by atoms with van der Waals surface area (Å²) < 4.78 is 7.44. The molecule has 0 bridgehead atoms. The van der Waals surface area contributed by atoms with Gasteiger partial charge in [0, 0.05) is 30.6 Å². The van der Waals surface area contributed by atoms with Crippen LogP contribution in [0.1, 0.15) is 41.9 Å². The molecule has 7 nitrogen and oxygen atoms in total. The summed E-state index contributed by atoms with van der Waals surface area (Å²) in [5.74, 6) is 2.54. The Kier molecular flexibility index (Phi) is 3.83. The van der Waals surface area contributed by atoms with Gasteiger partial charge in [-0.1, -0.05) is 49.3 Å². The van der Waals surface area contributed by atoms with Crippen LogP contribution < -0.4 is 0 Å². The molecule has 1 aliphatic heterocycles. The molecule has 3 heterocycles. The summed E-state index contributed by atoms with van der Waals surface area (Å²) in [5, 5.41) is 12.4. The van der Waals surface area contributed by atoms with Crippen LogP contribution in [0.4, 0.5) is 0 Å². The van der Waals surface area contributed by atoms with Gasteiger partial charge in [-0.25, -0.2) is 0 Å². The van der Waals surface area contributed by atoms with E-state index in [1.807, 2.05) is 30.3 Å². The molecule has 1 amide bonds. The monoisotopic (exact) mass is 337 g/mol. The van der Waals surface area contributed by atoms with E-state index in [1.165, 1.54) is 0 Å².